The minimum Gasteiger partial charge on any atom is -0.354 e. The van der Waals surface area contributed by atoms with Gasteiger partial charge in [-0.25, -0.2) is 0 Å². The number of hydrogen-bond donors (Lipinski definition) is 1. The zero-order chi connectivity index (χ0) is 13.2. The van der Waals surface area contributed by atoms with Gasteiger partial charge in [0.05, 0.1) is 5.54 Å². The van der Waals surface area contributed by atoms with E-state index in [-0.39, 0.29) is 11.8 Å². The minimum absolute atomic E-state index is 0.237. The molecule has 0 spiro atoms. The highest BCUT2D eigenvalue weighted by Crippen LogP contribution is 2.30. The largest absolute Gasteiger partial charge is 0.354 e. The first kappa shape index (κ1) is 14.2. The van der Waals surface area contributed by atoms with Crippen molar-refractivity contribution in [3.8, 4) is 0 Å². The number of nitrogens with zero attached hydrogens (tertiary/aromatic N) is 2. The van der Waals surface area contributed by atoms with Crippen molar-refractivity contribution in [3.05, 3.63) is 0 Å². The van der Waals surface area contributed by atoms with Crippen molar-refractivity contribution >= 4 is 0 Å². The van der Waals surface area contributed by atoms with Crippen LogP contribution in [-0.2, 0) is 9.47 Å². The fraction of sp³-hybridized carbons (Fsp3) is 1.00. The number of ether oxygens (including phenoxy) is 2. The number of methoxy groups -OCH3 is 2. The van der Waals surface area contributed by atoms with Crippen LogP contribution in [-0.4, -0.2) is 74.6 Å². The molecule has 1 saturated heterocycles. The SMILES string of the molecule is COC(OC)C(C)(CN)N1CCN(C2CC2)CC1. The summed E-state index contributed by atoms with van der Waals surface area (Å²) in [6.45, 7) is 7.06. The van der Waals surface area contributed by atoms with Crippen LogP contribution in [0.4, 0.5) is 0 Å². The van der Waals surface area contributed by atoms with E-state index in [4.69, 9.17) is 15.2 Å². The molecule has 1 unspecified atom stereocenters. The molecule has 2 aliphatic rings. The third-order valence-corrected chi connectivity index (χ3v) is 4.45. The van der Waals surface area contributed by atoms with Crippen LogP contribution in [0.15, 0.2) is 0 Å². The lowest BCUT2D eigenvalue weighted by molar-refractivity contribution is -0.185. The maximum atomic E-state index is 5.98. The van der Waals surface area contributed by atoms with Crippen LogP contribution in [0.5, 0.6) is 0 Å². The van der Waals surface area contributed by atoms with Crippen molar-refractivity contribution in [1.82, 2.24) is 9.80 Å². The lowest BCUT2D eigenvalue weighted by Crippen LogP contribution is -2.64. The molecule has 0 aromatic rings. The number of hydrogen-bond acceptors (Lipinski definition) is 5. The van der Waals surface area contributed by atoms with E-state index in [1.54, 1.807) is 14.2 Å². The number of nitrogens with two attached hydrogens (primary N) is 1. The van der Waals surface area contributed by atoms with Gasteiger partial charge in [0.25, 0.3) is 0 Å². The first-order valence-electron chi connectivity index (χ1n) is 6.90. The molecule has 5 heteroatoms. The highest BCUT2D eigenvalue weighted by Gasteiger charge is 2.42. The number of rotatable bonds is 6. The second kappa shape index (κ2) is 5.84. The molecule has 0 radical (unpaired) electrons. The van der Waals surface area contributed by atoms with Gasteiger partial charge in [0.2, 0.25) is 0 Å². The molecule has 1 heterocycles. The second-order valence-electron chi connectivity index (χ2n) is 5.62. The summed E-state index contributed by atoms with van der Waals surface area (Å²) >= 11 is 0. The monoisotopic (exact) mass is 257 g/mol. The molecule has 0 aromatic heterocycles. The zero-order valence-corrected chi connectivity index (χ0v) is 11.9. The van der Waals surface area contributed by atoms with Gasteiger partial charge in [-0.3, -0.25) is 9.80 Å². The van der Waals surface area contributed by atoms with E-state index < -0.39 is 0 Å². The van der Waals surface area contributed by atoms with Gasteiger partial charge in [-0.15, -0.1) is 0 Å². The summed E-state index contributed by atoms with van der Waals surface area (Å²) in [5, 5.41) is 0. The Kier molecular flexibility index (Phi) is 4.61. The van der Waals surface area contributed by atoms with Crippen molar-refractivity contribution in [2.45, 2.75) is 37.6 Å². The third kappa shape index (κ3) is 2.70. The molecule has 0 bridgehead atoms. The van der Waals surface area contributed by atoms with E-state index in [0.29, 0.717) is 6.54 Å². The minimum atomic E-state index is -0.269. The van der Waals surface area contributed by atoms with E-state index in [9.17, 15) is 0 Å². The second-order valence-corrected chi connectivity index (χ2v) is 5.62. The van der Waals surface area contributed by atoms with Crippen molar-refractivity contribution in [1.29, 1.82) is 0 Å². The molecular weight excluding hydrogens is 230 g/mol. The molecule has 1 saturated carbocycles. The predicted octanol–water partition coefficient (Wildman–Crippen LogP) is 0.103. The Morgan fingerprint density at radius 1 is 1.17 bits per heavy atom. The molecule has 0 amide bonds. The predicted molar refractivity (Wildman–Crippen MR) is 71.4 cm³/mol. The van der Waals surface area contributed by atoms with E-state index in [2.05, 4.69) is 16.7 Å². The quantitative estimate of drug-likeness (QED) is 0.684. The van der Waals surface area contributed by atoms with E-state index in [1.165, 1.54) is 12.8 Å². The van der Waals surface area contributed by atoms with Crippen LogP contribution in [0, 0.1) is 0 Å². The summed E-state index contributed by atoms with van der Waals surface area (Å²) < 4.78 is 10.9. The Morgan fingerprint density at radius 2 is 1.72 bits per heavy atom. The Balaban J connectivity index is 1.95. The van der Waals surface area contributed by atoms with Gasteiger partial charge in [-0.1, -0.05) is 0 Å². The molecule has 2 rings (SSSR count). The lowest BCUT2D eigenvalue weighted by atomic mass is 9.97. The van der Waals surface area contributed by atoms with Gasteiger partial charge >= 0.3 is 0 Å². The van der Waals surface area contributed by atoms with Crippen LogP contribution < -0.4 is 5.73 Å². The molecular formula is C13H27N3O2. The van der Waals surface area contributed by atoms with Gasteiger partial charge in [0.15, 0.2) is 6.29 Å². The summed E-state index contributed by atoms with van der Waals surface area (Å²) in [6, 6.07) is 0.858. The zero-order valence-electron chi connectivity index (χ0n) is 11.9. The smallest absolute Gasteiger partial charge is 0.176 e. The van der Waals surface area contributed by atoms with Crippen LogP contribution in [0.2, 0.25) is 0 Å². The highest BCUT2D eigenvalue weighted by atomic mass is 16.7. The van der Waals surface area contributed by atoms with Crippen LogP contribution in [0.1, 0.15) is 19.8 Å². The number of piperazine rings is 1. The molecule has 2 N–H and O–H groups in total. The summed E-state index contributed by atoms with van der Waals surface area (Å²) in [4.78, 5) is 5.02. The molecule has 1 aliphatic carbocycles. The fourth-order valence-electron chi connectivity index (χ4n) is 3.02. The maximum Gasteiger partial charge on any atom is 0.176 e. The van der Waals surface area contributed by atoms with Gasteiger partial charge in [0, 0.05) is 53.0 Å². The van der Waals surface area contributed by atoms with Crippen molar-refractivity contribution in [3.63, 3.8) is 0 Å². The Bertz CT molecular complexity index is 261. The Hall–Kier alpha value is -0.200. The fourth-order valence-corrected chi connectivity index (χ4v) is 3.02. The standard InChI is InChI=1S/C13H27N3O2/c1-13(10-14,12(17-2)18-3)16-8-6-15(7-9-16)11-4-5-11/h11-12H,4-10,14H2,1-3H3. The lowest BCUT2D eigenvalue weighted by Gasteiger charge is -2.48. The first-order valence-corrected chi connectivity index (χ1v) is 6.90. The average molecular weight is 257 g/mol. The molecule has 1 aliphatic heterocycles. The summed E-state index contributed by atoms with van der Waals surface area (Å²) in [5.41, 5.74) is 5.74. The van der Waals surface area contributed by atoms with Gasteiger partial charge < -0.3 is 15.2 Å². The Morgan fingerprint density at radius 3 is 2.11 bits per heavy atom. The molecule has 2 fully saturated rings. The summed E-state index contributed by atoms with van der Waals surface area (Å²) in [5.74, 6) is 0. The Labute approximate surface area is 110 Å². The van der Waals surface area contributed by atoms with E-state index in [1.807, 2.05) is 0 Å². The maximum absolute atomic E-state index is 5.98. The van der Waals surface area contributed by atoms with Crippen molar-refractivity contribution < 1.29 is 9.47 Å². The molecule has 0 aromatic carbocycles. The van der Waals surface area contributed by atoms with Crippen molar-refractivity contribution in [2.75, 3.05) is 46.9 Å². The van der Waals surface area contributed by atoms with Crippen LogP contribution in [0.25, 0.3) is 0 Å². The van der Waals surface area contributed by atoms with Gasteiger partial charge in [-0.05, 0) is 19.8 Å². The highest BCUT2D eigenvalue weighted by molar-refractivity contribution is 4.95. The van der Waals surface area contributed by atoms with Crippen LogP contribution in [0.3, 0.4) is 0 Å². The van der Waals surface area contributed by atoms with E-state index in [0.717, 1.165) is 32.2 Å². The normalized spacial score (nSPS) is 26.5. The molecule has 18 heavy (non-hydrogen) atoms. The molecule has 5 nitrogen and oxygen atoms in total. The van der Waals surface area contributed by atoms with Gasteiger partial charge in [-0.2, -0.15) is 0 Å². The first-order chi connectivity index (χ1) is 8.65. The van der Waals surface area contributed by atoms with E-state index >= 15 is 0 Å². The molecule has 1 atom stereocenters. The van der Waals surface area contributed by atoms with Gasteiger partial charge in [0.1, 0.15) is 0 Å². The summed E-state index contributed by atoms with van der Waals surface area (Å²) in [7, 11) is 3.37. The third-order valence-electron chi connectivity index (χ3n) is 4.45. The van der Waals surface area contributed by atoms with Crippen molar-refractivity contribution in [2.24, 2.45) is 5.73 Å². The average Bonchev–Trinajstić information content (AvgIpc) is 3.24. The summed E-state index contributed by atoms with van der Waals surface area (Å²) in [6.07, 6.45) is 2.50. The topological polar surface area (TPSA) is 51.0 Å². The molecule has 106 valence electrons. The van der Waals surface area contributed by atoms with Crippen LogP contribution >= 0.6 is 0 Å².